The summed E-state index contributed by atoms with van der Waals surface area (Å²) in [5, 5.41) is 14.1. The van der Waals surface area contributed by atoms with Crippen LogP contribution in [0.2, 0.25) is 0 Å². The van der Waals surface area contributed by atoms with Gasteiger partial charge in [0.05, 0.1) is 12.6 Å². The van der Waals surface area contributed by atoms with Gasteiger partial charge in [-0.1, -0.05) is 11.6 Å². The third kappa shape index (κ3) is 4.83. The molecule has 1 aliphatic rings. The average Bonchev–Trinajstić information content (AvgIpc) is 2.70. The van der Waals surface area contributed by atoms with E-state index in [1.807, 2.05) is 0 Å². The largest absolute Gasteiger partial charge is 0.394 e. The number of carbonyl (C=O) groups is 1. The second kappa shape index (κ2) is 6.45. The summed E-state index contributed by atoms with van der Waals surface area (Å²) in [5.41, 5.74) is 1.45. The smallest absolute Gasteiger partial charge is 0.315 e. The summed E-state index contributed by atoms with van der Waals surface area (Å²) in [6.07, 6.45) is 6.82. The topological polar surface area (TPSA) is 61.4 Å². The Hall–Kier alpha value is -1.03. The predicted octanol–water partition coefficient (Wildman–Crippen LogP) is 1.17. The number of rotatable bonds is 5. The molecular weight excluding hydrogens is 192 g/mol. The van der Waals surface area contributed by atoms with Gasteiger partial charge in [0.15, 0.2) is 0 Å². The molecule has 4 nitrogen and oxygen atoms in total. The van der Waals surface area contributed by atoms with Crippen LogP contribution in [0.3, 0.4) is 0 Å². The molecule has 0 fully saturated rings. The molecule has 0 aromatic carbocycles. The van der Waals surface area contributed by atoms with Gasteiger partial charge >= 0.3 is 6.03 Å². The molecule has 0 radical (unpaired) electrons. The molecule has 0 saturated carbocycles. The standard InChI is InChI=1S/C11H20N2O2/c1-9(8-14)13-11(15)12-7-6-10-4-2-3-5-10/h4,9,14H,2-3,5-8H2,1H3,(H2,12,13,15)/t9-/m0/s1. The highest BCUT2D eigenvalue weighted by molar-refractivity contribution is 5.74. The minimum absolute atomic E-state index is 0.0292. The van der Waals surface area contributed by atoms with Crippen LogP contribution in [0, 0.1) is 0 Å². The Morgan fingerprint density at radius 1 is 1.67 bits per heavy atom. The van der Waals surface area contributed by atoms with Crippen LogP contribution in [0.5, 0.6) is 0 Å². The zero-order chi connectivity index (χ0) is 11.1. The van der Waals surface area contributed by atoms with Crippen molar-refractivity contribution in [2.75, 3.05) is 13.2 Å². The number of allylic oxidation sites excluding steroid dienone is 1. The molecule has 15 heavy (non-hydrogen) atoms. The van der Waals surface area contributed by atoms with Crippen LogP contribution in [0.25, 0.3) is 0 Å². The van der Waals surface area contributed by atoms with E-state index in [0.717, 1.165) is 6.42 Å². The van der Waals surface area contributed by atoms with Crippen molar-refractivity contribution in [3.8, 4) is 0 Å². The molecule has 86 valence electrons. The quantitative estimate of drug-likeness (QED) is 0.599. The van der Waals surface area contributed by atoms with Crippen LogP contribution in [0.15, 0.2) is 11.6 Å². The van der Waals surface area contributed by atoms with Crippen LogP contribution >= 0.6 is 0 Å². The Balaban J connectivity index is 2.06. The summed E-state index contributed by atoms with van der Waals surface area (Å²) in [6.45, 7) is 2.41. The molecule has 3 N–H and O–H groups in total. The van der Waals surface area contributed by atoms with E-state index in [4.69, 9.17) is 5.11 Å². The number of aliphatic hydroxyl groups excluding tert-OH is 1. The van der Waals surface area contributed by atoms with Gasteiger partial charge in [0.25, 0.3) is 0 Å². The Labute approximate surface area is 90.7 Å². The molecule has 4 heteroatoms. The predicted molar refractivity (Wildman–Crippen MR) is 59.6 cm³/mol. The normalized spacial score (nSPS) is 17.1. The van der Waals surface area contributed by atoms with Crippen molar-refractivity contribution in [3.63, 3.8) is 0 Å². The molecule has 0 aromatic rings. The van der Waals surface area contributed by atoms with E-state index in [-0.39, 0.29) is 18.7 Å². The number of hydrogen-bond acceptors (Lipinski definition) is 2. The lowest BCUT2D eigenvalue weighted by Crippen LogP contribution is -2.42. The molecule has 2 amide bonds. The maximum Gasteiger partial charge on any atom is 0.315 e. The van der Waals surface area contributed by atoms with Gasteiger partial charge in [0, 0.05) is 6.54 Å². The lowest BCUT2D eigenvalue weighted by atomic mass is 10.2. The highest BCUT2D eigenvalue weighted by atomic mass is 16.3. The highest BCUT2D eigenvalue weighted by Crippen LogP contribution is 2.19. The van der Waals surface area contributed by atoms with Crippen molar-refractivity contribution < 1.29 is 9.90 Å². The minimum atomic E-state index is -0.199. The van der Waals surface area contributed by atoms with E-state index in [1.165, 1.54) is 24.8 Å². The van der Waals surface area contributed by atoms with E-state index in [0.29, 0.717) is 6.54 Å². The number of hydrogen-bond donors (Lipinski definition) is 3. The van der Waals surface area contributed by atoms with Crippen LogP contribution in [0.1, 0.15) is 32.6 Å². The van der Waals surface area contributed by atoms with Crippen molar-refractivity contribution in [2.45, 2.75) is 38.6 Å². The molecular formula is C11H20N2O2. The van der Waals surface area contributed by atoms with Crippen LogP contribution in [-0.2, 0) is 0 Å². The van der Waals surface area contributed by atoms with Crippen LogP contribution < -0.4 is 10.6 Å². The van der Waals surface area contributed by atoms with Gasteiger partial charge in [-0.25, -0.2) is 4.79 Å². The molecule has 1 atom stereocenters. The SMILES string of the molecule is C[C@@H](CO)NC(=O)NCCC1=CCCC1. The molecule has 0 spiro atoms. The molecule has 0 unspecified atom stereocenters. The summed E-state index contributed by atoms with van der Waals surface area (Å²) in [4.78, 5) is 11.2. The first-order chi connectivity index (χ1) is 7.22. The summed E-state index contributed by atoms with van der Waals surface area (Å²) in [7, 11) is 0. The summed E-state index contributed by atoms with van der Waals surface area (Å²) < 4.78 is 0. The van der Waals surface area contributed by atoms with Gasteiger partial charge in [-0.15, -0.1) is 0 Å². The first kappa shape index (κ1) is 12.0. The van der Waals surface area contributed by atoms with Crippen molar-refractivity contribution >= 4 is 6.03 Å². The highest BCUT2D eigenvalue weighted by Gasteiger charge is 2.07. The monoisotopic (exact) mass is 212 g/mol. The molecule has 0 heterocycles. The number of aliphatic hydroxyl groups is 1. The number of carbonyl (C=O) groups excluding carboxylic acids is 1. The Bertz CT molecular complexity index is 239. The fraction of sp³-hybridized carbons (Fsp3) is 0.727. The van der Waals surface area contributed by atoms with Gasteiger partial charge in [-0.05, 0) is 32.6 Å². The fourth-order valence-corrected chi connectivity index (χ4v) is 1.62. The molecule has 0 saturated heterocycles. The Kier molecular flexibility index (Phi) is 5.18. The second-order valence-corrected chi connectivity index (χ2v) is 3.99. The average molecular weight is 212 g/mol. The van der Waals surface area contributed by atoms with Gasteiger partial charge < -0.3 is 15.7 Å². The maximum absolute atomic E-state index is 11.2. The van der Waals surface area contributed by atoms with Crippen LogP contribution in [0.4, 0.5) is 4.79 Å². The van der Waals surface area contributed by atoms with Crippen LogP contribution in [-0.4, -0.2) is 30.3 Å². The lowest BCUT2D eigenvalue weighted by molar-refractivity contribution is 0.220. The molecule has 0 bridgehead atoms. The third-order valence-electron chi connectivity index (χ3n) is 2.52. The van der Waals surface area contributed by atoms with E-state index in [2.05, 4.69) is 16.7 Å². The zero-order valence-electron chi connectivity index (χ0n) is 9.25. The van der Waals surface area contributed by atoms with Crippen molar-refractivity contribution in [1.29, 1.82) is 0 Å². The first-order valence-electron chi connectivity index (χ1n) is 5.55. The van der Waals surface area contributed by atoms with E-state index in [1.54, 1.807) is 6.92 Å². The van der Waals surface area contributed by atoms with Crippen molar-refractivity contribution in [1.82, 2.24) is 10.6 Å². The second-order valence-electron chi connectivity index (χ2n) is 3.99. The van der Waals surface area contributed by atoms with Crippen molar-refractivity contribution in [3.05, 3.63) is 11.6 Å². The van der Waals surface area contributed by atoms with Gasteiger partial charge in [-0.3, -0.25) is 0 Å². The molecule has 1 aliphatic carbocycles. The summed E-state index contributed by atoms with van der Waals surface area (Å²) in [6, 6.07) is -0.383. The van der Waals surface area contributed by atoms with Gasteiger partial charge in [0.1, 0.15) is 0 Å². The van der Waals surface area contributed by atoms with E-state index in [9.17, 15) is 4.79 Å². The molecule has 0 aromatic heterocycles. The third-order valence-corrected chi connectivity index (χ3v) is 2.52. The first-order valence-corrected chi connectivity index (χ1v) is 5.55. The van der Waals surface area contributed by atoms with Crippen molar-refractivity contribution in [2.24, 2.45) is 0 Å². The minimum Gasteiger partial charge on any atom is -0.394 e. The number of urea groups is 1. The summed E-state index contributed by atoms with van der Waals surface area (Å²) in [5.74, 6) is 0. The molecule has 1 rings (SSSR count). The maximum atomic E-state index is 11.2. The van der Waals surface area contributed by atoms with Gasteiger partial charge in [-0.2, -0.15) is 0 Å². The van der Waals surface area contributed by atoms with Gasteiger partial charge in [0.2, 0.25) is 0 Å². The molecule has 0 aliphatic heterocycles. The van der Waals surface area contributed by atoms with E-state index >= 15 is 0 Å². The Morgan fingerprint density at radius 3 is 3.07 bits per heavy atom. The Morgan fingerprint density at radius 2 is 2.47 bits per heavy atom. The number of amides is 2. The number of nitrogens with one attached hydrogen (secondary N) is 2. The fourth-order valence-electron chi connectivity index (χ4n) is 1.62. The van der Waals surface area contributed by atoms with E-state index < -0.39 is 0 Å². The zero-order valence-corrected chi connectivity index (χ0v) is 9.25. The summed E-state index contributed by atoms with van der Waals surface area (Å²) >= 11 is 0. The lowest BCUT2D eigenvalue weighted by Gasteiger charge is -2.11.